The molecule has 26 heavy (non-hydrogen) atoms. The molecule has 2 aromatic rings. The average Bonchev–Trinajstić information content (AvgIpc) is 3.12. The van der Waals surface area contributed by atoms with Gasteiger partial charge in [0.15, 0.2) is 0 Å². The Hall–Kier alpha value is -2.74. The highest BCUT2D eigenvalue weighted by atomic mass is 16.6. The molecule has 8 nitrogen and oxygen atoms in total. The molecule has 3 saturated heterocycles. The van der Waals surface area contributed by atoms with E-state index in [1.807, 2.05) is 0 Å². The molecule has 136 valence electrons. The maximum absolute atomic E-state index is 12.5. The Morgan fingerprint density at radius 2 is 1.92 bits per heavy atom. The summed E-state index contributed by atoms with van der Waals surface area (Å²) >= 11 is 0. The van der Waals surface area contributed by atoms with Gasteiger partial charge < -0.3 is 19.4 Å². The van der Waals surface area contributed by atoms with Crippen LogP contribution in [0.3, 0.4) is 0 Å². The zero-order valence-electron chi connectivity index (χ0n) is 14.5. The van der Waals surface area contributed by atoms with E-state index in [1.165, 1.54) is 6.92 Å². The molecule has 3 aliphatic heterocycles. The molecule has 8 heteroatoms. The molecule has 3 fully saturated rings. The van der Waals surface area contributed by atoms with Gasteiger partial charge in [0.05, 0.1) is 0 Å². The molecular formula is C18H20N4O4. The fourth-order valence-corrected chi connectivity index (χ4v) is 3.55. The van der Waals surface area contributed by atoms with Crippen LogP contribution in [0.25, 0.3) is 0 Å². The SMILES string of the molecule is CC(=O)c1nnc(Oc2ccc(C(=O)N[C@H]3CN4CCC3CC4)cc2)o1. The Balaban J connectivity index is 1.37. The van der Waals surface area contributed by atoms with Crippen molar-refractivity contribution < 1.29 is 18.7 Å². The number of carbonyl (C=O) groups excluding carboxylic acids is 2. The molecule has 0 spiro atoms. The fourth-order valence-electron chi connectivity index (χ4n) is 3.55. The number of Topliss-reactive ketones (excluding diaryl/α,β-unsaturated/α-hetero) is 1. The molecule has 1 aromatic carbocycles. The van der Waals surface area contributed by atoms with E-state index in [0.29, 0.717) is 17.2 Å². The van der Waals surface area contributed by atoms with E-state index < -0.39 is 0 Å². The van der Waals surface area contributed by atoms with Crippen molar-refractivity contribution in [2.24, 2.45) is 5.92 Å². The summed E-state index contributed by atoms with van der Waals surface area (Å²) in [4.78, 5) is 26.0. The maximum Gasteiger partial charge on any atom is 0.420 e. The first-order valence-corrected chi connectivity index (χ1v) is 8.74. The molecule has 1 amide bonds. The fraction of sp³-hybridized carbons (Fsp3) is 0.444. The van der Waals surface area contributed by atoms with E-state index in [0.717, 1.165) is 32.5 Å². The largest absolute Gasteiger partial charge is 0.420 e. The number of aromatic nitrogens is 2. The lowest BCUT2D eigenvalue weighted by molar-refractivity contribution is 0.0620. The molecular weight excluding hydrogens is 336 g/mol. The van der Waals surface area contributed by atoms with Crippen molar-refractivity contribution in [2.45, 2.75) is 25.8 Å². The third kappa shape index (κ3) is 3.45. The summed E-state index contributed by atoms with van der Waals surface area (Å²) < 4.78 is 10.5. The van der Waals surface area contributed by atoms with Crippen molar-refractivity contribution in [1.29, 1.82) is 0 Å². The molecule has 1 N–H and O–H groups in total. The Morgan fingerprint density at radius 3 is 2.50 bits per heavy atom. The number of nitrogens with zero attached hydrogens (tertiary/aromatic N) is 3. The normalized spacial score (nSPS) is 24.3. The van der Waals surface area contributed by atoms with Gasteiger partial charge in [0.25, 0.3) is 11.8 Å². The highest BCUT2D eigenvalue weighted by Gasteiger charge is 2.34. The molecule has 4 heterocycles. The minimum absolute atomic E-state index is 0.0769. The van der Waals surface area contributed by atoms with Gasteiger partial charge in [0.1, 0.15) is 5.75 Å². The van der Waals surface area contributed by atoms with Gasteiger partial charge in [-0.25, -0.2) is 0 Å². The van der Waals surface area contributed by atoms with Crippen LogP contribution in [0.2, 0.25) is 0 Å². The molecule has 5 rings (SSSR count). The zero-order chi connectivity index (χ0) is 18.1. The summed E-state index contributed by atoms with van der Waals surface area (Å²) in [5.74, 6) is 0.523. The van der Waals surface area contributed by atoms with Crippen molar-refractivity contribution in [1.82, 2.24) is 20.4 Å². The first-order chi connectivity index (χ1) is 12.6. The highest BCUT2D eigenvalue weighted by molar-refractivity contribution is 5.94. The van der Waals surface area contributed by atoms with Crippen LogP contribution in [-0.4, -0.2) is 52.5 Å². The van der Waals surface area contributed by atoms with Gasteiger partial charge >= 0.3 is 6.08 Å². The van der Waals surface area contributed by atoms with Crippen LogP contribution in [0, 0.1) is 5.92 Å². The van der Waals surface area contributed by atoms with E-state index in [4.69, 9.17) is 9.15 Å². The molecule has 0 radical (unpaired) electrons. The van der Waals surface area contributed by atoms with Gasteiger partial charge in [-0.15, -0.1) is 5.10 Å². The molecule has 3 aliphatic rings. The number of hydrogen-bond acceptors (Lipinski definition) is 7. The van der Waals surface area contributed by atoms with Crippen LogP contribution >= 0.6 is 0 Å². The summed E-state index contributed by atoms with van der Waals surface area (Å²) in [6.07, 6.45) is 2.20. The van der Waals surface area contributed by atoms with Crippen LogP contribution in [0.15, 0.2) is 28.7 Å². The zero-order valence-corrected chi connectivity index (χ0v) is 14.5. The lowest BCUT2D eigenvalue weighted by atomic mass is 9.84. The first kappa shape index (κ1) is 16.7. The lowest BCUT2D eigenvalue weighted by Crippen LogP contribution is -2.57. The van der Waals surface area contributed by atoms with E-state index >= 15 is 0 Å². The Bertz CT molecular complexity index is 809. The second-order valence-electron chi connectivity index (χ2n) is 6.77. The van der Waals surface area contributed by atoms with Gasteiger partial charge in [-0.1, -0.05) is 5.10 Å². The number of ether oxygens (including phenoxy) is 1. The van der Waals surface area contributed by atoms with Gasteiger partial charge in [-0.3, -0.25) is 9.59 Å². The van der Waals surface area contributed by atoms with Crippen LogP contribution in [0.1, 0.15) is 40.8 Å². The van der Waals surface area contributed by atoms with Gasteiger partial charge in [0.2, 0.25) is 5.78 Å². The van der Waals surface area contributed by atoms with E-state index in [1.54, 1.807) is 24.3 Å². The molecule has 2 bridgehead atoms. The van der Waals surface area contributed by atoms with Gasteiger partial charge in [0, 0.05) is 25.1 Å². The summed E-state index contributed by atoms with van der Waals surface area (Å²) in [6.45, 7) is 4.56. The number of ketones is 1. The summed E-state index contributed by atoms with van der Waals surface area (Å²) in [5.41, 5.74) is 0.573. The summed E-state index contributed by atoms with van der Waals surface area (Å²) in [7, 11) is 0. The quantitative estimate of drug-likeness (QED) is 0.817. The third-order valence-electron chi connectivity index (χ3n) is 5.00. The highest BCUT2D eigenvalue weighted by Crippen LogP contribution is 2.28. The molecule has 1 atom stereocenters. The van der Waals surface area contributed by atoms with Crippen LogP contribution in [0.4, 0.5) is 0 Å². The molecule has 0 saturated carbocycles. The first-order valence-electron chi connectivity index (χ1n) is 8.74. The Morgan fingerprint density at radius 1 is 1.19 bits per heavy atom. The van der Waals surface area contributed by atoms with Crippen molar-refractivity contribution in [3.63, 3.8) is 0 Å². The summed E-state index contributed by atoms with van der Waals surface area (Å²) in [6, 6.07) is 6.92. The number of fused-ring (bicyclic) bond motifs is 3. The smallest absolute Gasteiger partial charge is 0.410 e. The standard InChI is InChI=1S/C18H20N4O4/c1-11(23)17-20-21-18(26-17)25-14-4-2-13(3-5-14)16(24)19-15-10-22-8-6-12(15)7-9-22/h2-5,12,15H,6-10H2,1H3,(H,19,24)/t15-/m0/s1. The second-order valence-corrected chi connectivity index (χ2v) is 6.77. The van der Waals surface area contributed by atoms with Crippen molar-refractivity contribution in [3.05, 3.63) is 35.7 Å². The topological polar surface area (TPSA) is 97.6 Å². The number of benzene rings is 1. The van der Waals surface area contributed by atoms with Crippen LogP contribution in [0.5, 0.6) is 11.8 Å². The molecule has 1 aromatic heterocycles. The van der Waals surface area contributed by atoms with Crippen molar-refractivity contribution in [3.8, 4) is 11.8 Å². The number of amides is 1. The van der Waals surface area contributed by atoms with Crippen molar-refractivity contribution >= 4 is 11.7 Å². The average molecular weight is 356 g/mol. The van der Waals surface area contributed by atoms with Crippen molar-refractivity contribution in [2.75, 3.05) is 19.6 Å². The van der Waals surface area contributed by atoms with Crippen LogP contribution < -0.4 is 10.1 Å². The Kier molecular flexibility index (Phi) is 4.42. The minimum atomic E-state index is -0.327. The van der Waals surface area contributed by atoms with Gasteiger partial charge in [-0.05, 0) is 56.1 Å². The second kappa shape index (κ2) is 6.87. The molecule has 0 aliphatic carbocycles. The predicted octanol–water partition coefficient (Wildman–Crippen LogP) is 1.89. The number of carbonyl (C=O) groups is 2. The number of hydrogen-bond donors (Lipinski definition) is 1. The minimum Gasteiger partial charge on any atom is -0.410 e. The van der Waals surface area contributed by atoms with E-state index in [-0.39, 0.29) is 29.7 Å². The predicted molar refractivity (Wildman–Crippen MR) is 91.2 cm³/mol. The third-order valence-corrected chi connectivity index (χ3v) is 5.00. The number of rotatable bonds is 5. The monoisotopic (exact) mass is 356 g/mol. The number of piperidine rings is 3. The summed E-state index contributed by atoms with van der Waals surface area (Å²) in [5, 5.41) is 10.4. The molecule has 0 unspecified atom stereocenters. The van der Waals surface area contributed by atoms with E-state index in [2.05, 4.69) is 20.4 Å². The van der Waals surface area contributed by atoms with Crippen LogP contribution in [-0.2, 0) is 0 Å². The lowest BCUT2D eigenvalue weighted by Gasteiger charge is -2.44. The van der Waals surface area contributed by atoms with E-state index in [9.17, 15) is 9.59 Å². The maximum atomic E-state index is 12.5. The van der Waals surface area contributed by atoms with Gasteiger partial charge in [-0.2, -0.15) is 0 Å². The number of nitrogens with one attached hydrogen (secondary N) is 1. The Labute approximate surface area is 150 Å².